The van der Waals surface area contributed by atoms with Crippen molar-refractivity contribution in [1.29, 1.82) is 0 Å². The van der Waals surface area contributed by atoms with Gasteiger partial charge in [0, 0.05) is 16.3 Å². The van der Waals surface area contributed by atoms with Crippen molar-refractivity contribution in [3.63, 3.8) is 0 Å². The van der Waals surface area contributed by atoms with Crippen LogP contribution in [0.15, 0.2) is 35.3 Å². The molecule has 0 aliphatic carbocycles. The summed E-state index contributed by atoms with van der Waals surface area (Å²) in [5, 5.41) is 15.6. The highest BCUT2D eigenvalue weighted by atomic mass is 32.1. The average molecular weight is 321 g/mol. The Morgan fingerprint density at radius 2 is 2.09 bits per heavy atom. The predicted octanol–water partition coefficient (Wildman–Crippen LogP) is 3.16. The first-order chi connectivity index (χ1) is 10.6. The molecule has 4 nitrogen and oxygen atoms in total. The van der Waals surface area contributed by atoms with Gasteiger partial charge in [-0.25, -0.2) is 9.38 Å². The summed E-state index contributed by atoms with van der Waals surface area (Å²) in [6.45, 7) is 5.86. The van der Waals surface area contributed by atoms with Gasteiger partial charge in [-0.05, 0) is 43.7 Å². The summed E-state index contributed by atoms with van der Waals surface area (Å²) in [5.74, 6) is -0.285. The molecule has 1 heterocycles. The van der Waals surface area contributed by atoms with E-state index < -0.39 is 5.82 Å². The van der Waals surface area contributed by atoms with E-state index in [2.05, 4.69) is 34.7 Å². The topological polar surface area (TPSA) is 56.7 Å². The molecule has 0 radical (unpaired) electrons. The van der Waals surface area contributed by atoms with E-state index in [0.717, 1.165) is 6.54 Å². The standard InChI is InChI=1S/C16H20FN3OS/c1-3-18-16(20-10-13-6-4-11(2)22-13)19-9-12-5-7-15(21)14(17)8-12/h4-8,21H,3,9-10H2,1-2H3,(H2,18,19,20). The molecule has 1 aromatic carbocycles. The van der Waals surface area contributed by atoms with Gasteiger partial charge in [0.2, 0.25) is 0 Å². The van der Waals surface area contributed by atoms with E-state index in [0.29, 0.717) is 24.6 Å². The van der Waals surface area contributed by atoms with Crippen LogP contribution in [-0.2, 0) is 13.1 Å². The zero-order valence-corrected chi connectivity index (χ0v) is 13.5. The fourth-order valence-corrected chi connectivity index (χ4v) is 2.74. The molecule has 0 saturated heterocycles. The molecule has 1 aromatic heterocycles. The lowest BCUT2D eigenvalue weighted by atomic mass is 10.2. The van der Waals surface area contributed by atoms with Crippen molar-refractivity contribution in [2.24, 2.45) is 4.99 Å². The maximum Gasteiger partial charge on any atom is 0.191 e. The summed E-state index contributed by atoms with van der Waals surface area (Å²) < 4.78 is 13.3. The van der Waals surface area contributed by atoms with Gasteiger partial charge in [0.15, 0.2) is 17.5 Å². The maximum absolute atomic E-state index is 13.3. The van der Waals surface area contributed by atoms with Crippen molar-refractivity contribution < 1.29 is 9.50 Å². The van der Waals surface area contributed by atoms with Crippen molar-refractivity contribution in [1.82, 2.24) is 10.6 Å². The number of nitrogens with one attached hydrogen (secondary N) is 2. The van der Waals surface area contributed by atoms with Crippen LogP contribution in [0.5, 0.6) is 5.75 Å². The van der Waals surface area contributed by atoms with E-state index in [1.54, 1.807) is 17.4 Å². The molecule has 0 spiro atoms. The predicted molar refractivity (Wildman–Crippen MR) is 88.8 cm³/mol. The average Bonchev–Trinajstić information content (AvgIpc) is 2.91. The number of thiophene rings is 1. The van der Waals surface area contributed by atoms with Crippen LogP contribution in [0.25, 0.3) is 0 Å². The minimum absolute atomic E-state index is 0.342. The molecule has 0 aliphatic heterocycles. The van der Waals surface area contributed by atoms with Crippen molar-refractivity contribution >= 4 is 17.3 Å². The third-order valence-electron chi connectivity index (χ3n) is 3.00. The van der Waals surface area contributed by atoms with Crippen LogP contribution < -0.4 is 10.6 Å². The molecule has 0 amide bonds. The largest absolute Gasteiger partial charge is 0.505 e. The van der Waals surface area contributed by atoms with Gasteiger partial charge < -0.3 is 15.7 Å². The molecular weight excluding hydrogens is 301 g/mol. The number of halogens is 1. The monoisotopic (exact) mass is 321 g/mol. The second kappa shape index (κ2) is 7.79. The molecule has 0 bridgehead atoms. The van der Waals surface area contributed by atoms with Crippen molar-refractivity contribution in [2.45, 2.75) is 26.9 Å². The number of rotatable bonds is 5. The van der Waals surface area contributed by atoms with E-state index in [1.165, 1.54) is 21.9 Å². The molecule has 0 fully saturated rings. The number of aliphatic imine (C=N–C) groups is 1. The number of nitrogens with zero attached hydrogens (tertiary/aromatic N) is 1. The Bertz CT molecular complexity index is 655. The lowest BCUT2D eigenvalue weighted by Crippen LogP contribution is -2.36. The van der Waals surface area contributed by atoms with Crippen molar-refractivity contribution in [3.05, 3.63) is 51.5 Å². The van der Waals surface area contributed by atoms with Gasteiger partial charge in [0.25, 0.3) is 0 Å². The van der Waals surface area contributed by atoms with Crippen LogP contribution in [0.1, 0.15) is 22.2 Å². The highest BCUT2D eigenvalue weighted by molar-refractivity contribution is 7.11. The summed E-state index contributed by atoms with van der Waals surface area (Å²) in [6.07, 6.45) is 0. The Morgan fingerprint density at radius 3 is 2.73 bits per heavy atom. The molecular formula is C16H20FN3OS. The first-order valence-corrected chi connectivity index (χ1v) is 7.95. The Labute approximate surface area is 133 Å². The number of aryl methyl sites for hydroxylation is 1. The molecule has 0 unspecified atom stereocenters. The number of guanidine groups is 1. The van der Waals surface area contributed by atoms with E-state index >= 15 is 0 Å². The maximum atomic E-state index is 13.3. The van der Waals surface area contributed by atoms with E-state index in [9.17, 15) is 9.50 Å². The van der Waals surface area contributed by atoms with Crippen LogP contribution in [0, 0.1) is 12.7 Å². The lowest BCUT2D eigenvalue weighted by Gasteiger charge is -2.10. The number of phenols is 1. The Kier molecular flexibility index (Phi) is 5.77. The van der Waals surface area contributed by atoms with E-state index in [1.807, 2.05) is 6.92 Å². The van der Waals surface area contributed by atoms with Crippen LogP contribution in [0.4, 0.5) is 4.39 Å². The zero-order chi connectivity index (χ0) is 15.9. The van der Waals surface area contributed by atoms with Gasteiger partial charge in [-0.1, -0.05) is 6.07 Å². The number of phenolic OH excluding ortho intramolecular Hbond substituents is 1. The number of hydrogen-bond donors (Lipinski definition) is 3. The normalized spacial score (nSPS) is 11.5. The fourth-order valence-electron chi connectivity index (χ4n) is 1.91. The molecule has 22 heavy (non-hydrogen) atoms. The third-order valence-corrected chi connectivity index (χ3v) is 4.00. The number of hydrogen-bond acceptors (Lipinski definition) is 3. The summed E-state index contributed by atoms with van der Waals surface area (Å²) in [5.41, 5.74) is 0.708. The Morgan fingerprint density at radius 1 is 1.27 bits per heavy atom. The highest BCUT2D eigenvalue weighted by Gasteiger charge is 2.03. The molecule has 2 rings (SSSR count). The van der Waals surface area contributed by atoms with Gasteiger partial charge in [0.05, 0.1) is 13.1 Å². The second-order valence-electron chi connectivity index (χ2n) is 4.85. The van der Waals surface area contributed by atoms with Crippen LogP contribution in [0.2, 0.25) is 0 Å². The SMILES string of the molecule is CCNC(=NCc1ccc(O)c(F)c1)NCc1ccc(C)s1. The quantitative estimate of drug-likeness (QED) is 0.586. The van der Waals surface area contributed by atoms with E-state index in [-0.39, 0.29) is 5.75 Å². The lowest BCUT2D eigenvalue weighted by molar-refractivity contribution is 0.432. The van der Waals surface area contributed by atoms with Gasteiger partial charge in [-0.3, -0.25) is 0 Å². The molecule has 2 aromatic rings. The van der Waals surface area contributed by atoms with Gasteiger partial charge in [0.1, 0.15) is 0 Å². The third kappa shape index (κ3) is 4.73. The van der Waals surface area contributed by atoms with Crippen LogP contribution >= 0.6 is 11.3 Å². The van der Waals surface area contributed by atoms with Crippen LogP contribution in [0.3, 0.4) is 0 Å². The molecule has 0 aliphatic rings. The molecule has 0 atom stereocenters. The minimum atomic E-state index is -0.625. The highest BCUT2D eigenvalue weighted by Crippen LogP contribution is 2.17. The van der Waals surface area contributed by atoms with E-state index in [4.69, 9.17) is 0 Å². The van der Waals surface area contributed by atoms with Crippen molar-refractivity contribution in [3.8, 4) is 5.75 Å². The van der Waals surface area contributed by atoms with Gasteiger partial charge in [-0.15, -0.1) is 11.3 Å². The Hall–Kier alpha value is -2.08. The molecule has 6 heteroatoms. The van der Waals surface area contributed by atoms with Crippen LogP contribution in [-0.4, -0.2) is 17.6 Å². The van der Waals surface area contributed by atoms with Gasteiger partial charge >= 0.3 is 0 Å². The minimum Gasteiger partial charge on any atom is -0.505 e. The van der Waals surface area contributed by atoms with Gasteiger partial charge in [-0.2, -0.15) is 0 Å². The van der Waals surface area contributed by atoms with Crippen molar-refractivity contribution in [2.75, 3.05) is 6.54 Å². The first-order valence-electron chi connectivity index (χ1n) is 7.13. The summed E-state index contributed by atoms with van der Waals surface area (Å²) in [4.78, 5) is 6.94. The summed E-state index contributed by atoms with van der Waals surface area (Å²) >= 11 is 1.74. The zero-order valence-electron chi connectivity index (χ0n) is 12.7. The molecule has 3 N–H and O–H groups in total. The molecule has 118 valence electrons. The second-order valence-corrected chi connectivity index (χ2v) is 6.22. The summed E-state index contributed by atoms with van der Waals surface area (Å²) in [7, 11) is 0. The fraction of sp³-hybridized carbons (Fsp3) is 0.312. The summed E-state index contributed by atoms with van der Waals surface area (Å²) in [6, 6.07) is 8.48. The number of benzene rings is 1. The Balaban J connectivity index is 1.98. The number of aromatic hydroxyl groups is 1. The first kappa shape index (κ1) is 16.3. The molecule has 0 saturated carbocycles. The smallest absolute Gasteiger partial charge is 0.191 e.